The fourth-order valence-corrected chi connectivity index (χ4v) is 3.66. The third kappa shape index (κ3) is 6.22. The van der Waals surface area contributed by atoms with Gasteiger partial charge in [0.15, 0.2) is 0 Å². The molecule has 0 aromatic heterocycles. The van der Waals surface area contributed by atoms with Crippen LogP contribution in [0.25, 0.3) is 0 Å². The van der Waals surface area contributed by atoms with E-state index in [0.717, 1.165) is 37.7 Å². The molecule has 1 aromatic carbocycles. The van der Waals surface area contributed by atoms with E-state index < -0.39 is 11.0 Å². The van der Waals surface area contributed by atoms with Crippen LogP contribution in [0.2, 0.25) is 0 Å². The molecule has 0 radical (unpaired) electrons. The van der Waals surface area contributed by atoms with Crippen LogP contribution in [0.4, 0.5) is 0 Å². The van der Waals surface area contributed by atoms with Crippen molar-refractivity contribution in [3.63, 3.8) is 0 Å². The largest absolute Gasteiger partial charge is 0.457 e. The van der Waals surface area contributed by atoms with Gasteiger partial charge in [0, 0.05) is 6.04 Å². The summed E-state index contributed by atoms with van der Waals surface area (Å²) in [6.45, 7) is 5.35. The quantitative estimate of drug-likeness (QED) is 0.579. The summed E-state index contributed by atoms with van der Waals surface area (Å²) < 4.78 is 10.6. The van der Waals surface area contributed by atoms with Crippen molar-refractivity contribution in [2.24, 2.45) is 5.41 Å². The molecule has 0 saturated heterocycles. The van der Waals surface area contributed by atoms with E-state index in [1.807, 2.05) is 59.1 Å². The summed E-state index contributed by atoms with van der Waals surface area (Å²) >= 11 is 0. The first kappa shape index (κ1) is 21.7. The van der Waals surface area contributed by atoms with Crippen LogP contribution in [0.1, 0.15) is 58.4 Å². The summed E-state index contributed by atoms with van der Waals surface area (Å²) in [6, 6.07) is 7.90. The summed E-state index contributed by atoms with van der Waals surface area (Å²) in [5.74, 6) is 0.381. The molecule has 0 bridgehead atoms. The van der Waals surface area contributed by atoms with E-state index in [9.17, 15) is 9.90 Å². The number of hydrogen-bond acceptors (Lipinski definition) is 5. The first-order chi connectivity index (χ1) is 12.6. The third-order valence-electron chi connectivity index (χ3n) is 5.34. The van der Waals surface area contributed by atoms with Crippen LogP contribution >= 0.6 is 0 Å². The van der Waals surface area contributed by atoms with Crippen molar-refractivity contribution in [3.8, 4) is 5.75 Å². The lowest BCUT2D eigenvalue weighted by Gasteiger charge is -2.42. The molecule has 1 fully saturated rings. The minimum atomic E-state index is -0.613. The zero-order valence-corrected chi connectivity index (χ0v) is 17.5. The number of carbonyl (C=O) groups is 1. The minimum absolute atomic E-state index is 0.0878. The minimum Gasteiger partial charge on any atom is -0.457 e. The maximum atomic E-state index is 11.7. The van der Waals surface area contributed by atoms with Crippen LogP contribution in [0.5, 0.6) is 5.75 Å². The normalized spacial score (nSPS) is 18.2. The summed E-state index contributed by atoms with van der Waals surface area (Å²) in [7, 11) is 4.08. The molecule has 5 heteroatoms. The maximum absolute atomic E-state index is 11.7. The van der Waals surface area contributed by atoms with E-state index in [1.54, 1.807) is 0 Å². The lowest BCUT2D eigenvalue weighted by atomic mass is 9.77. The summed E-state index contributed by atoms with van der Waals surface area (Å²) in [5.41, 5.74) is 0.0120. The molecule has 27 heavy (non-hydrogen) atoms. The molecule has 1 atom stereocenters. The molecular formula is C22H35NO4. The molecule has 0 spiro atoms. The average Bonchev–Trinajstić information content (AvgIpc) is 2.60. The Hall–Kier alpha value is -1.59. The SMILES string of the molecule is CN(C)C(Cc1ccc(OCOC(=O)C(C)(C)C)cc1)C1(O)CCCCC1. The Morgan fingerprint density at radius 1 is 1.15 bits per heavy atom. The zero-order chi connectivity index (χ0) is 20.1. The average molecular weight is 378 g/mol. The second kappa shape index (κ2) is 9.07. The van der Waals surface area contributed by atoms with E-state index in [4.69, 9.17) is 9.47 Å². The highest BCUT2D eigenvalue weighted by Crippen LogP contribution is 2.34. The molecule has 0 amide bonds. The molecule has 1 aromatic rings. The van der Waals surface area contributed by atoms with Gasteiger partial charge in [0.1, 0.15) is 5.75 Å². The Balaban J connectivity index is 1.92. The maximum Gasteiger partial charge on any atom is 0.314 e. The van der Waals surface area contributed by atoms with Gasteiger partial charge in [-0.2, -0.15) is 0 Å². The van der Waals surface area contributed by atoms with Gasteiger partial charge in [-0.15, -0.1) is 0 Å². The number of esters is 1. The Kier molecular flexibility index (Phi) is 7.29. The smallest absolute Gasteiger partial charge is 0.314 e. The van der Waals surface area contributed by atoms with Gasteiger partial charge in [-0.05, 0) is 71.8 Å². The van der Waals surface area contributed by atoms with Crippen molar-refractivity contribution in [3.05, 3.63) is 29.8 Å². The van der Waals surface area contributed by atoms with Gasteiger partial charge in [-0.1, -0.05) is 31.4 Å². The van der Waals surface area contributed by atoms with Gasteiger partial charge in [-0.3, -0.25) is 4.79 Å². The molecule has 5 nitrogen and oxygen atoms in total. The molecule has 1 aliphatic rings. The van der Waals surface area contributed by atoms with Crippen LogP contribution in [-0.4, -0.2) is 48.5 Å². The molecular weight excluding hydrogens is 342 g/mol. The molecule has 0 aliphatic heterocycles. The Morgan fingerprint density at radius 3 is 2.26 bits per heavy atom. The van der Waals surface area contributed by atoms with Gasteiger partial charge in [-0.25, -0.2) is 0 Å². The third-order valence-corrected chi connectivity index (χ3v) is 5.34. The van der Waals surface area contributed by atoms with Crippen LogP contribution in [0.3, 0.4) is 0 Å². The van der Waals surface area contributed by atoms with E-state index in [0.29, 0.717) is 5.75 Å². The Bertz CT molecular complexity index is 598. The molecule has 1 saturated carbocycles. The van der Waals surface area contributed by atoms with Crippen molar-refractivity contribution in [2.45, 2.75) is 70.9 Å². The van der Waals surface area contributed by atoms with Crippen molar-refractivity contribution >= 4 is 5.97 Å². The molecule has 0 heterocycles. The number of rotatable bonds is 7. The van der Waals surface area contributed by atoms with Gasteiger partial charge < -0.3 is 19.5 Å². The van der Waals surface area contributed by atoms with Crippen LogP contribution in [0.15, 0.2) is 24.3 Å². The first-order valence-corrected chi connectivity index (χ1v) is 9.89. The number of benzene rings is 1. The van der Waals surface area contributed by atoms with Crippen molar-refractivity contribution in [1.29, 1.82) is 0 Å². The predicted molar refractivity (Wildman–Crippen MR) is 107 cm³/mol. The lowest BCUT2D eigenvalue weighted by Crippen LogP contribution is -2.52. The van der Waals surface area contributed by atoms with E-state index in [-0.39, 0.29) is 18.8 Å². The number of carbonyl (C=O) groups excluding carboxylic acids is 1. The highest BCUT2D eigenvalue weighted by Gasteiger charge is 2.38. The monoisotopic (exact) mass is 377 g/mol. The summed E-state index contributed by atoms with van der Waals surface area (Å²) in [4.78, 5) is 13.9. The Morgan fingerprint density at radius 2 is 1.74 bits per heavy atom. The molecule has 1 N–H and O–H groups in total. The lowest BCUT2D eigenvalue weighted by molar-refractivity contribution is -0.159. The van der Waals surface area contributed by atoms with Gasteiger partial charge >= 0.3 is 5.97 Å². The number of ether oxygens (including phenoxy) is 2. The zero-order valence-electron chi connectivity index (χ0n) is 17.5. The van der Waals surface area contributed by atoms with E-state index in [1.165, 1.54) is 6.42 Å². The van der Waals surface area contributed by atoms with Crippen molar-refractivity contribution in [1.82, 2.24) is 4.90 Å². The summed E-state index contributed by atoms with van der Waals surface area (Å²) in [5, 5.41) is 11.1. The fourth-order valence-electron chi connectivity index (χ4n) is 3.66. The molecule has 1 unspecified atom stereocenters. The highest BCUT2D eigenvalue weighted by molar-refractivity contribution is 5.75. The Labute approximate surface area is 163 Å². The number of nitrogens with zero attached hydrogens (tertiary/aromatic N) is 1. The summed E-state index contributed by atoms with van der Waals surface area (Å²) in [6.07, 6.45) is 5.95. The van der Waals surface area contributed by atoms with E-state index in [2.05, 4.69) is 4.90 Å². The van der Waals surface area contributed by atoms with Crippen LogP contribution in [-0.2, 0) is 16.0 Å². The van der Waals surface area contributed by atoms with E-state index >= 15 is 0 Å². The van der Waals surface area contributed by atoms with Crippen molar-refractivity contribution in [2.75, 3.05) is 20.9 Å². The topological polar surface area (TPSA) is 59.0 Å². The predicted octanol–water partition coefficient (Wildman–Crippen LogP) is 3.78. The van der Waals surface area contributed by atoms with Gasteiger partial charge in [0.2, 0.25) is 6.79 Å². The van der Waals surface area contributed by atoms with Crippen LogP contribution in [0, 0.1) is 5.41 Å². The molecule has 2 rings (SSSR count). The second-order valence-corrected chi connectivity index (χ2v) is 8.94. The van der Waals surface area contributed by atoms with Gasteiger partial charge in [0.25, 0.3) is 0 Å². The highest BCUT2D eigenvalue weighted by atomic mass is 16.7. The van der Waals surface area contributed by atoms with Crippen molar-refractivity contribution < 1.29 is 19.4 Å². The number of hydrogen-bond donors (Lipinski definition) is 1. The molecule has 152 valence electrons. The molecule has 1 aliphatic carbocycles. The second-order valence-electron chi connectivity index (χ2n) is 8.94. The first-order valence-electron chi connectivity index (χ1n) is 9.89. The number of aliphatic hydroxyl groups is 1. The standard InChI is InChI=1S/C22H35NO4/c1-21(2,3)20(24)27-16-26-18-11-9-17(10-12-18)15-19(23(4)5)22(25)13-7-6-8-14-22/h9-12,19,25H,6-8,13-16H2,1-5H3. The van der Waals surface area contributed by atoms with Crippen LogP contribution < -0.4 is 4.74 Å². The van der Waals surface area contributed by atoms with Gasteiger partial charge in [0.05, 0.1) is 11.0 Å². The fraction of sp³-hybridized carbons (Fsp3) is 0.682. The number of likely N-dealkylation sites (N-methyl/N-ethyl adjacent to an activating group) is 1.